The molecule has 3 N–H and O–H groups in total. The molecular weight excluding hydrogens is 256 g/mol. The predicted octanol–water partition coefficient (Wildman–Crippen LogP) is 2.94. The minimum atomic E-state index is -0.645. The van der Waals surface area contributed by atoms with Gasteiger partial charge < -0.3 is 11.1 Å². The molecule has 0 aromatic heterocycles. The van der Waals surface area contributed by atoms with Gasteiger partial charge in [0.15, 0.2) is 0 Å². The van der Waals surface area contributed by atoms with Crippen molar-refractivity contribution in [3.05, 3.63) is 29.3 Å². The van der Waals surface area contributed by atoms with Gasteiger partial charge in [0.1, 0.15) is 0 Å². The molecule has 2 rings (SSSR count). The molecule has 0 heterocycles. The van der Waals surface area contributed by atoms with Gasteiger partial charge in [-0.1, -0.05) is 25.2 Å². The Hall–Kier alpha value is -1.42. The van der Waals surface area contributed by atoms with Gasteiger partial charge in [-0.25, -0.2) is 0 Å². The summed E-state index contributed by atoms with van der Waals surface area (Å²) in [5.74, 6) is 0.438. The first-order valence-electron chi connectivity index (χ1n) is 6.54. The molecule has 1 aliphatic carbocycles. The summed E-state index contributed by atoms with van der Waals surface area (Å²) in [5.41, 5.74) is 8.30. The first-order valence-corrected chi connectivity index (χ1v) is 6.94. The zero-order valence-electron chi connectivity index (χ0n) is 11.6. The molecule has 0 atom stereocenters. The second kappa shape index (κ2) is 4.93. The number of carbonyl (C=O) groups excluding carboxylic acids is 1. The predicted molar refractivity (Wildman–Crippen MR) is 82.2 cm³/mol. The van der Waals surface area contributed by atoms with E-state index in [2.05, 4.69) is 12.2 Å². The van der Waals surface area contributed by atoms with E-state index in [4.69, 9.17) is 18.0 Å². The average molecular weight is 276 g/mol. The third-order valence-corrected chi connectivity index (χ3v) is 4.46. The van der Waals surface area contributed by atoms with Crippen LogP contribution in [0.15, 0.2) is 18.2 Å². The summed E-state index contributed by atoms with van der Waals surface area (Å²) in [4.78, 5) is 12.7. The van der Waals surface area contributed by atoms with Crippen molar-refractivity contribution in [2.75, 3.05) is 5.32 Å². The molecule has 3 nitrogen and oxygen atoms in total. The second-order valence-electron chi connectivity index (χ2n) is 5.71. The van der Waals surface area contributed by atoms with Crippen LogP contribution in [0.4, 0.5) is 5.69 Å². The number of carbonyl (C=O) groups is 1. The molecule has 1 aliphatic rings. The minimum absolute atomic E-state index is 0.0682. The zero-order valence-corrected chi connectivity index (χ0v) is 12.4. The molecule has 0 radical (unpaired) electrons. The van der Waals surface area contributed by atoms with E-state index in [0.717, 1.165) is 24.1 Å². The summed E-state index contributed by atoms with van der Waals surface area (Å²) < 4.78 is 0. The summed E-state index contributed by atoms with van der Waals surface area (Å²) in [5, 5.41) is 2.95. The van der Waals surface area contributed by atoms with Crippen LogP contribution in [0, 0.1) is 25.2 Å². The number of nitrogens with one attached hydrogen (secondary N) is 1. The lowest BCUT2D eigenvalue weighted by molar-refractivity contribution is -0.127. The van der Waals surface area contributed by atoms with Gasteiger partial charge in [-0.3, -0.25) is 4.79 Å². The Morgan fingerprint density at radius 3 is 2.47 bits per heavy atom. The van der Waals surface area contributed by atoms with Gasteiger partial charge >= 0.3 is 0 Å². The van der Waals surface area contributed by atoms with Crippen LogP contribution in [0.25, 0.3) is 0 Å². The van der Waals surface area contributed by atoms with Gasteiger partial charge in [0.05, 0.1) is 10.4 Å². The average Bonchev–Trinajstić information content (AvgIpc) is 2.29. The molecule has 0 saturated heterocycles. The molecule has 1 saturated carbocycles. The molecule has 1 aromatic carbocycles. The number of thiocarbonyl (C=S) groups is 1. The van der Waals surface area contributed by atoms with Crippen LogP contribution in [0.5, 0.6) is 0 Å². The molecule has 102 valence electrons. The normalized spacial score (nSPS) is 25.5. The van der Waals surface area contributed by atoms with Crippen LogP contribution < -0.4 is 11.1 Å². The highest BCUT2D eigenvalue weighted by Crippen LogP contribution is 2.46. The molecule has 1 amide bonds. The summed E-state index contributed by atoms with van der Waals surface area (Å²) in [6.07, 6.45) is 1.50. The van der Waals surface area contributed by atoms with E-state index >= 15 is 0 Å². The van der Waals surface area contributed by atoms with Gasteiger partial charge in [-0.05, 0) is 55.9 Å². The minimum Gasteiger partial charge on any atom is -0.392 e. The van der Waals surface area contributed by atoms with E-state index in [1.54, 1.807) is 0 Å². The van der Waals surface area contributed by atoms with E-state index < -0.39 is 5.41 Å². The summed E-state index contributed by atoms with van der Waals surface area (Å²) in [6, 6.07) is 5.89. The summed E-state index contributed by atoms with van der Waals surface area (Å²) >= 11 is 5.09. The van der Waals surface area contributed by atoms with Crippen molar-refractivity contribution >= 4 is 28.8 Å². The molecular formula is C15H20N2OS. The van der Waals surface area contributed by atoms with Crippen LogP contribution in [0.1, 0.15) is 30.9 Å². The number of aryl methyl sites for hydroxylation is 2. The lowest BCUT2D eigenvalue weighted by Gasteiger charge is -2.44. The number of rotatable bonds is 3. The highest BCUT2D eigenvalue weighted by molar-refractivity contribution is 7.80. The Morgan fingerprint density at radius 2 is 2.00 bits per heavy atom. The molecule has 19 heavy (non-hydrogen) atoms. The van der Waals surface area contributed by atoms with Gasteiger partial charge in [0.2, 0.25) is 5.91 Å². The third-order valence-electron chi connectivity index (χ3n) is 4.06. The molecule has 1 aromatic rings. The molecule has 1 fully saturated rings. The number of amides is 1. The Morgan fingerprint density at radius 1 is 1.37 bits per heavy atom. The van der Waals surface area contributed by atoms with E-state index in [0.29, 0.717) is 10.9 Å². The maximum atomic E-state index is 12.4. The van der Waals surface area contributed by atoms with Crippen molar-refractivity contribution in [3.63, 3.8) is 0 Å². The summed E-state index contributed by atoms with van der Waals surface area (Å²) in [7, 11) is 0. The fraction of sp³-hybridized carbons (Fsp3) is 0.467. The fourth-order valence-corrected chi connectivity index (χ4v) is 2.96. The van der Waals surface area contributed by atoms with Crippen molar-refractivity contribution in [2.24, 2.45) is 17.1 Å². The SMILES string of the molecule is Cc1ccc(NC(=O)C2(C(N)=S)CC(C)C2)cc1C. The van der Waals surface area contributed by atoms with Crippen molar-refractivity contribution in [2.45, 2.75) is 33.6 Å². The maximum absolute atomic E-state index is 12.4. The number of nitrogens with two attached hydrogens (primary N) is 1. The number of benzene rings is 1. The van der Waals surface area contributed by atoms with E-state index in [1.165, 1.54) is 5.56 Å². The zero-order chi connectivity index (χ0) is 14.2. The van der Waals surface area contributed by atoms with E-state index in [1.807, 2.05) is 32.0 Å². The smallest absolute Gasteiger partial charge is 0.237 e. The number of anilines is 1. The molecule has 4 heteroatoms. The van der Waals surface area contributed by atoms with Crippen LogP contribution in [-0.2, 0) is 4.79 Å². The van der Waals surface area contributed by atoms with Crippen LogP contribution in [0.3, 0.4) is 0 Å². The van der Waals surface area contributed by atoms with Crippen molar-refractivity contribution < 1.29 is 4.79 Å². The van der Waals surface area contributed by atoms with Gasteiger partial charge in [-0.2, -0.15) is 0 Å². The fourth-order valence-electron chi connectivity index (χ4n) is 2.70. The monoisotopic (exact) mass is 276 g/mol. The quantitative estimate of drug-likeness (QED) is 0.835. The topological polar surface area (TPSA) is 55.1 Å². The molecule has 0 unspecified atom stereocenters. The van der Waals surface area contributed by atoms with Crippen LogP contribution in [0.2, 0.25) is 0 Å². The maximum Gasteiger partial charge on any atom is 0.237 e. The van der Waals surface area contributed by atoms with Gasteiger partial charge in [-0.15, -0.1) is 0 Å². The van der Waals surface area contributed by atoms with E-state index in [-0.39, 0.29) is 5.91 Å². The van der Waals surface area contributed by atoms with Crippen molar-refractivity contribution in [1.29, 1.82) is 0 Å². The first-order chi connectivity index (χ1) is 8.85. The highest BCUT2D eigenvalue weighted by Gasteiger charge is 2.50. The Kier molecular flexibility index (Phi) is 3.63. The molecule has 0 spiro atoms. The largest absolute Gasteiger partial charge is 0.392 e. The van der Waals surface area contributed by atoms with Crippen molar-refractivity contribution in [1.82, 2.24) is 0 Å². The lowest BCUT2D eigenvalue weighted by Crippen LogP contribution is -2.53. The number of hydrogen-bond acceptors (Lipinski definition) is 2. The van der Waals surface area contributed by atoms with Gasteiger partial charge in [0, 0.05) is 5.69 Å². The van der Waals surface area contributed by atoms with E-state index in [9.17, 15) is 4.79 Å². The van der Waals surface area contributed by atoms with Crippen LogP contribution in [-0.4, -0.2) is 10.9 Å². The molecule has 0 aliphatic heterocycles. The first kappa shape index (κ1) is 14.0. The number of hydrogen-bond donors (Lipinski definition) is 2. The van der Waals surface area contributed by atoms with Crippen LogP contribution >= 0.6 is 12.2 Å². The second-order valence-corrected chi connectivity index (χ2v) is 6.15. The Bertz CT molecular complexity index is 533. The highest BCUT2D eigenvalue weighted by atomic mass is 32.1. The van der Waals surface area contributed by atoms with Gasteiger partial charge in [0.25, 0.3) is 0 Å². The Balaban J connectivity index is 2.16. The standard InChI is InChI=1S/C15H20N2OS/c1-9-7-15(8-9,13(16)19)14(18)17-12-5-4-10(2)11(3)6-12/h4-6,9H,7-8H2,1-3H3,(H2,16,19)(H,17,18). The molecule has 0 bridgehead atoms. The third kappa shape index (κ3) is 2.50. The Labute approximate surface area is 119 Å². The van der Waals surface area contributed by atoms with Crippen molar-refractivity contribution in [3.8, 4) is 0 Å². The lowest BCUT2D eigenvalue weighted by atomic mass is 9.62. The summed E-state index contributed by atoms with van der Waals surface area (Å²) in [6.45, 7) is 6.19.